The highest BCUT2D eigenvalue weighted by atomic mass is 19.3. The maximum Gasteiger partial charge on any atom is 0.266 e. The van der Waals surface area contributed by atoms with E-state index in [1.807, 2.05) is 0 Å². The van der Waals surface area contributed by atoms with Crippen LogP contribution in [-0.2, 0) is 6.54 Å². The van der Waals surface area contributed by atoms with Gasteiger partial charge < -0.3 is 15.0 Å². The molecular formula is C22H20F4N4O2. The van der Waals surface area contributed by atoms with Gasteiger partial charge in [0.25, 0.3) is 11.8 Å². The van der Waals surface area contributed by atoms with Gasteiger partial charge in [-0.15, -0.1) is 0 Å². The summed E-state index contributed by atoms with van der Waals surface area (Å²) in [4.78, 5) is 14.1. The Kier molecular flexibility index (Phi) is 5.77. The summed E-state index contributed by atoms with van der Waals surface area (Å²) < 4.78 is 59.9. The normalized spacial score (nSPS) is 15.1. The van der Waals surface area contributed by atoms with Crippen molar-refractivity contribution in [1.82, 2.24) is 15.5 Å². The Balaban J connectivity index is 1.50. The molecule has 32 heavy (non-hydrogen) atoms. The Morgan fingerprint density at radius 2 is 1.94 bits per heavy atom. The van der Waals surface area contributed by atoms with Crippen LogP contribution >= 0.6 is 0 Å². The van der Waals surface area contributed by atoms with Crippen LogP contribution in [0.4, 0.5) is 23.2 Å². The highest BCUT2D eigenvalue weighted by Gasteiger charge is 2.39. The third kappa shape index (κ3) is 4.53. The molecule has 4 rings (SSSR count). The number of benzene rings is 2. The van der Waals surface area contributed by atoms with Crippen LogP contribution < -0.4 is 15.0 Å². The molecule has 2 aromatic carbocycles. The maximum absolute atomic E-state index is 13.8. The number of alkyl halides is 2. The molecule has 0 unspecified atom stereocenters. The predicted molar refractivity (Wildman–Crippen MR) is 110 cm³/mol. The minimum atomic E-state index is -2.85. The Bertz CT molecular complexity index is 1150. The smallest absolute Gasteiger partial charge is 0.266 e. The first-order valence-corrected chi connectivity index (χ1v) is 9.84. The molecule has 168 valence electrons. The number of nitrogens with zero attached hydrogens (tertiary/aromatic N) is 2. The zero-order chi connectivity index (χ0) is 22.9. The number of nitrogens with one attached hydrogen (secondary N) is 2. The van der Waals surface area contributed by atoms with Crippen molar-refractivity contribution in [3.05, 3.63) is 65.4 Å². The fourth-order valence-corrected chi connectivity index (χ4v) is 3.65. The number of carbonyl (C=O) groups is 1. The van der Waals surface area contributed by atoms with Crippen LogP contribution in [0.3, 0.4) is 0 Å². The first kappa shape index (κ1) is 21.7. The third-order valence-corrected chi connectivity index (χ3v) is 5.22. The van der Waals surface area contributed by atoms with Gasteiger partial charge in [0.05, 0.1) is 37.2 Å². The molecule has 1 amide bonds. The molecule has 0 atom stereocenters. The number of anilines is 1. The molecule has 0 saturated carbocycles. The molecule has 0 bridgehead atoms. The zero-order valence-corrected chi connectivity index (χ0v) is 17.1. The fourth-order valence-electron chi connectivity index (χ4n) is 3.65. The van der Waals surface area contributed by atoms with Crippen molar-refractivity contribution in [2.24, 2.45) is 0 Å². The number of halogens is 4. The number of hydrogen-bond acceptors (Lipinski definition) is 4. The highest BCUT2D eigenvalue weighted by molar-refractivity contribution is 5.99. The molecule has 0 aliphatic carbocycles. The van der Waals surface area contributed by atoms with Gasteiger partial charge >= 0.3 is 0 Å². The standard InChI is InChI=1S/C22H20F4N4O2/c1-32-20-5-3-14(24)8-16(20)18-10-15(28-29-18)11-27-21(31)17-9-13(23)2-4-19(17)30-7-6-22(25,26)12-30/h2-5,8-10H,6-7,11-12H2,1H3,(H,27,31)(H,28,29). The number of aromatic amines is 1. The van der Waals surface area contributed by atoms with Crippen LogP contribution in [0.2, 0.25) is 0 Å². The van der Waals surface area contributed by atoms with Crippen LogP contribution in [0.1, 0.15) is 22.5 Å². The second-order valence-corrected chi connectivity index (χ2v) is 7.49. The molecule has 2 heterocycles. The molecule has 10 heteroatoms. The van der Waals surface area contributed by atoms with E-state index in [2.05, 4.69) is 15.5 Å². The highest BCUT2D eigenvalue weighted by Crippen LogP contribution is 2.33. The van der Waals surface area contributed by atoms with Crippen molar-refractivity contribution < 1.29 is 27.1 Å². The van der Waals surface area contributed by atoms with Gasteiger partial charge in [0.1, 0.15) is 17.4 Å². The first-order valence-electron chi connectivity index (χ1n) is 9.84. The summed E-state index contributed by atoms with van der Waals surface area (Å²) in [5.74, 6) is -4.14. The summed E-state index contributed by atoms with van der Waals surface area (Å²) >= 11 is 0. The Hall–Kier alpha value is -3.56. The average molecular weight is 448 g/mol. The summed E-state index contributed by atoms with van der Waals surface area (Å²) in [5.41, 5.74) is 1.57. The van der Waals surface area contributed by atoms with Crippen molar-refractivity contribution >= 4 is 11.6 Å². The Morgan fingerprint density at radius 1 is 1.19 bits per heavy atom. The van der Waals surface area contributed by atoms with E-state index in [1.165, 1.54) is 36.3 Å². The van der Waals surface area contributed by atoms with Crippen molar-refractivity contribution in [2.45, 2.75) is 18.9 Å². The second kappa shape index (κ2) is 8.52. The molecule has 2 N–H and O–H groups in total. The van der Waals surface area contributed by atoms with Gasteiger partial charge in [0.2, 0.25) is 0 Å². The summed E-state index contributed by atoms with van der Waals surface area (Å²) in [6.45, 7) is -0.452. The van der Waals surface area contributed by atoms with Crippen molar-refractivity contribution in [1.29, 1.82) is 0 Å². The number of ether oxygens (including phenoxy) is 1. The molecule has 1 aromatic heterocycles. The lowest BCUT2D eigenvalue weighted by Gasteiger charge is -2.21. The molecular weight excluding hydrogens is 428 g/mol. The number of hydrogen-bond donors (Lipinski definition) is 2. The second-order valence-electron chi connectivity index (χ2n) is 7.49. The largest absolute Gasteiger partial charge is 0.496 e. The van der Waals surface area contributed by atoms with E-state index >= 15 is 0 Å². The monoisotopic (exact) mass is 448 g/mol. The minimum Gasteiger partial charge on any atom is -0.496 e. The number of aromatic nitrogens is 2. The van der Waals surface area contributed by atoms with Crippen LogP contribution in [0.5, 0.6) is 5.75 Å². The van der Waals surface area contributed by atoms with Crippen LogP contribution in [0.25, 0.3) is 11.3 Å². The van der Waals surface area contributed by atoms with Gasteiger partial charge in [-0.25, -0.2) is 17.6 Å². The summed E-state index contributed by atoms with van der Waals surface area (Å²) in [5, 5.41) is 9.51. The molecule has 1 saturated heterocycles. The molecule has 0 radical (unpaired) electrons. The van der Waals surface area contributed by atoms with Crippen molar-refractivity contribution in [3.8, 4) is 17.0 Å². The van der Waals surface area contributed by atoms with Crippen LogP contribution in [-0.4, -0.2) is 42.2 Å². The van der Waals surface area contributed by atoms with Crippen LogP contribution in [0.15, 0.2) is 42.5 Å². The number of rotatable bonds is 6. The lowest BCUT2D eigenvalue weighted by atomic mass is 10.1. The summed E-state index contributed by atoms with van der Waals surface area (Å²) in [7, 11) is 1.46. The van der Waals surface area contributed by atoms with Crippen molar-refractivity contribution in [3.63, 3.8) is 0 Å². The number of amides is 1. The molecule has 3 aromatic rings. The summed E-state index contributed by atoms with van der Waals surface area (Å²) in [6.07, 6.45) is -0.327. The minimum absolute atomic E-state index is 0.00950. The van der Waals surface area contributed by atoms with E-state index < -0.39 is 30.0 Å². The van der Waals surface area contributed by atoms with E-state index in [4.69, 9.17) is 4.74 Å². The van der Waals surface area contributed by atoms with Gasteiger partial charge in [0, 0.05) is 24.2 Å². The first-order chi connectivity index (χ1) is 15.3. The zero-order valence-electron chi connectivity index (χ0n) is 17.1. The molecule has 6 nitrogen and oxygen atoms in total. The number of carbonyl (C=O) groups excluding carboxylic acids is 1. The third-order valence-electron chi connectivity index (χ3n) is 5.22. The topological polar surface area (TPSA) is 70.2 Å². The van der Waals surface area contributed by atoms with E-state index in [-0.39, 0.29) is 30.8 Å². The van der Waals surface area contributed by atoms with E-state index in [0.717, 1.165) is 12.1 Å². The van der Waals surface area contributed by atoms with Gasteiger partial charge in [-0.05, 0) is 42.5 Å². The SMILES string of the molecule is COc1ccc(F)cc1-c1cc(CNC(=O)c2cc(F)ccc2N2CCC(F)(F)C2)[nH]n1. The van der Waals surface area contributed by atoms with Gasteiger partial charge in [-0.3, -0.25) is 9.89 Å². The summed E-state index contributed by atoms with van der Waals surface area (Å²) in [6, 6.07) is 9.13. The van der Waals surface area contributed by atoms with E-state index in [9.17, 15) is 22.4 Å². The van der Waals surface area contributed by atoms with Gasteiger partial charge in [-0.1, -0.05) is 0 Å². The lowest BCUT2D eigenvalue weighted by molar-refractivity contribution is 0.0257. The molecule has 0 spiro atoms. The Morgan fingerprint density at radius 3 is 2.66 bits per heavy atom. The van der Waals surface area contributed by atoms with Gasteiger partial charge in [0.15, 0.2) is 0 Å². The lowest BCUT2D eigenvalue weighted by Crippen LogP contribution is -2.29. The van der Waals surface area contributed by atoms with E-state index in [1.54, 1.807) is 6.07 Å². The molecule has 1 aliphatic rings. The number of H-pyrrole nitrogens is 1. The average Bonchev–Trinajstić information content (AvgIpc) is 3.38. The van der Waals surface area contributed by atoms with E-state index in [0.29, 0.717) is 22.7 Å². The van der Waals surface area contributed by atoms with Gasteiger partial charge in [-0.2, -0.15) is 5.10 Å². The Labute approximate surface area is 181 Å². The molecule has 1 fully saturated rings. The fraction of sp³-hybridized carbons (Fsp3) is 0.273. The van der Waals surface area contributed by atoms with Crippen molar-refractivity contribution in [2.75, 3.05) is 25.1 Å². The number of methoxy groups -OCH3 is 1. The quantitative estimate of drug-likeness (QED) is 0.557. The predicted octanol–water partition coefficient (Wildman–Crippen LogP) is 4.14. The van der Waals surface area contributed by atoms with Crippen LogP contribution in [0, 0.1) is 11.6 Å². The molecule has 1 aliphatic heterocycles. The maximum atomic E-state index is 13.8.